The minimum atomic E-state index is -3.19. The maximum atomic E-state index is 15.0. The molecule has 0 radical (unpaired) electrons. The summed E-state index contributed by atoms with van der Waals surface area (Å²) in [6, 6.07) is 1.70. The predicted octanol–water partition coefficient (Wildman–Crippen LogP) is 4.61. The van der Waals surface area contributed by atoms with Crippen molar-refractivity contribution in [2.75, 3.05) is 18.9 Å². The van der Waals surface area contributed by atoms with Crippen molar-refractivity contribution in [3.05, 3.63) is 27.7 Å². The van der Waals surface area contributed by atoms with Crippen LogP contribution in [0, 0.1) is 29.6 Å². The van der Waals surface area contributed by atoms with Gasteiger partial charge in [0, 0.05) is 35.6 Å². The van der Waals surface area contributed by atoms with Gasteiger partial charge in [-0.2, -0.15) is 0 Å². The van der Waals surface area contributed by atoms with Crippen molar-refractivity contribution in [2.24, 2.45) is 29.6 Å². The van der Waals surface area contributed by atoms with Crippen LogP contribution in [0.3, 0.4) is 0 Å². The third-order valence-corrected chi connectivity index (χ3v) is 11.2. The zero-order chi connectivity index (χ0) is 26.9. The van der Waals surface area contributed by atoms with Crippen molar-refractivity contribution in [3.8, 4) is 0 Å². The lowest BCUT2D eigenvalue weighted by molar-refractivity contribution is -0.161. The molecule has 6 fully saturated rings. The van der Waals surface area contributed by atoms with Gasteiger partial charge in [0.1, 0.15) is 11.5 Å². The Kier molecular flexibility index (Phi) is 5.15. The standard InChI is InChI=1S/C27H29Cl2F2N3O4/c1-33(25-7-12-2-13(8-25)4-14(3-12)9-25)22(35)19-18-10-26(30,31)11-34(18)27(20(19)23(36)37)16-5-15(28)6-17(29)21(16)32-24(27)38/h5-6,12-14,18-20H,2-4,7-11H2,1H3,(H,32,38)(H,36,37). The predicted molar refractivity (Wildman–Crippen MR) is 135 cm³/mol. The van der Waals surface area contributed by atoms with Crippen LogP contribution in [0.2, 0.25) is 10.0 Å². The number of carboxylic acids is 1. The number of nitrogens with one attached hydrogen (secondary N) is 1. The summed E-state index contributed by atoms with van der Waals surface area (Å²) in [6.07, 6.45) is 5.36. The van der Waals surface area contributed by atoms with E-state index in [0.717, 1.165) is 38.5 Å². The first-order chi connectivity index (χ1) is 17.9. The zero-order valence-electron chi connectivity index (χ0n) is 20.9. The molecule has 1 spiro atoms. The van der Waals surface area contributed by atoms with Gasteiger partial charge in [-0.25, -0.2) is 8.78 Å². The van der Waals surface area contributed by atoms with Crippen molar-refractivity contribution in [2.45, 2.75) is 68.0 Å². The van der Waals surface area contributed by atoms with E-state index < -0.39 is 60.1 Å². The van der Waals surface area contributed by atoms with Crippen LogP contribution in [0.25, 0.3) is 0 Å². The molecule has 7 aliphatic rings. The number of fused-ring (bicyclic) bond motifs is 4. The van der Waals surface area contributed by atoms with Gasteiger partial charge in [-0.1, -0.05) is 23.2 Å². The molecule has 7 nitrogen and oxygen atoms in total. The fourth-order valence-electron chi connectivity index (χ4n) is 9.71. The van der Waals surface area contributed by atoms with Crippen LogP contribution in [0.15, 0.2) is 12.1 Å². The van der Waals surface area contributed by atoms with E-state index in [0.29, 0.717) is 17.8 Å². The van der Waals surface area contributed by atoms with Crippen molar-refractivity contribution < 1.29 is 28.3 Å². The average Bonchev–Trinajstić information content (AvgIpc) is 3.38. The van der Waals surface area contributed by atoms with E-state index in [-0.39, 0.29) is 26.8 Å². The molecule has 4 aliphatic carbocycles. The lowest BCUT2D eigenvalue weighted by Crippen LogP contribution is -2.62. The second kappa shape index (κ2) is 7.82. The largest absolute Gasteiger partial charge is 0.481 e. The van der Waals surface area contributed by atoms with Crippen LogP contribution >= 0.6 is 23.2 Å². The van der Waals surface area contributed by atoms with E-state index in [9.17, 15) is 19.5 Å². The summed E-state index contributed by atoms with van der Waals surface area (Å²) in [5.74, 6) is -7.10. The number of alkyl halides is 2. The molecule has 38 heavy (non-hydrogen) atoms. The number of hydrogen-bond donors (Lipinski definition) is 2. The highest BCUT2D eigenvalue weighted by Gasteiger charge is 2.75. The smallest absolute Gasteiger partial charge is 0.310 e. The van der Waals surface area contributed by atoms with Crippen LogP contribution < -0.4 is 5.32 Å². The van der Waals surface area contributed by atoms with E-state index in [1.807, 2.05) is 0 Å². The zero-order valence-corrected chi connectivity index (χ0v) is 22.4. The lowest BCUT2D eigenvalue weighted by Gasteiger charge is -2.60. The molecule has 8 rings (SSSR count). The van der Waals surface area contributed by atoms with E-state index in [1.165, 1.54) is 17.0 Å². The topological polar surface area (TPSA) is 90.0 Å². The number of amides is 2. The fraction of sp³-hybridized carbons (Fsp3) is 0.667. The summed E-state index contributed by atoms with van der Waals surface area (Å²) in [6.45, 7) is -0.830. The second-order valence-corrected chi connectivity index (χ2v) is 13.5. The maximum Gasteiger partial charge on any atom is 0.310 e. The Bertz CT molecular complexity index is 1260. The van der Waals surface area contributed by atoms with Crippen LogP contribution in [-0.2, 0) is 19.9 Å². The van der Waals surface area contributed by atoms with Crippen LogP contribution in [-0.4, -0.2) is 63.8 Å². The van der Waals surface area contributed by atoms with Gasteiger partial charge < -0.3 is 15.3 Å². The molecule has 4 unspecified atom stereocenters. The first-order valence-corrected chi connectivity index (χ1v) is 14.1. The van der Waals surface area contributed by atoms with Gasteiger partial charge in [0.15, 0.2) is 0 Å². The molecule has 2 amide bonds. The van der Waals surface area contributed by atoms with Gasteiger partial charge in [-0.15, -0.1) is 0 Å². The quantitative estimate of drug-likeness (QED) is 0.556. The Labute approximate surface area is 228 Å². The Morgan fingerprint density at radius 1 is 1.08 bits per heavy atom. The number of anilines is 1. The monoisotopic (exact) mass is 567 g/mol. The van der Waals surface area contributed by atoms with Gasteiger partial charge in [-0.05, 0) is 68.4 Å². The highest BCUT2D eigenvalue weighted by Crippen LogP contribution is 2.62. The van der Waals surface area contributed by atoms with Crippen molar-refractivity contribution in [1.29, 1.82) is 0 Å². The molecular weight excluding hydrogens is 539 g/mol. The lowest BCUT2D eigenvalue weighted by atomic mass is 9.52. The number of benzene rings is 1. The van der Waals surface area contributed by atoms with Gasteiger partial charge in [-0.3, -0.25) is 19.3 Å². The maximum absolute atomic E-state index is 15.0. The van der Waals surface area contributed by atoms with Crippen molar-refractivity contribution in [1.82, 2.24) is 9.80 Å². The summed E-state index contributed by atoms with van der Waals surface area (Å²) in [4.78, 5) is 44.2. The van der Waals surface area contributed by atoms with Gasteiger partial charge in [0.05, 0.1) is 23.2 Å². The molecule has 0 aromatic heterocycles. The summed E-state index contributed by atoms with van der Waals surface area (Å²) < 4.78 is 30.1. The third kappa shape index (κ3) is 3.12. The van der Waals surface area contributed by atoms with Gasteiger partial charge in [0.25, 0.3) is 11.8 Å². The fourth-order valence-corrected chi connectivity index (χ4v) is 10.3. The normalized spacial score (nSPS) is 41.9. The molecule has 1 aromatic rings. The number of carbonyl (C=O) groups excluding carboxylic acids is 2. The molecule has 4 saturated carbocycles. The van der Waals surface area contributed by atoms with Crippen LogP contribution in [0.5, 0.6) is 0 Å². The third-order valence-electron chi connectivity index (χ3n) is 10.6. The molecule has 1 aromatic carbocycles. The number of rotatable bonds is 3. The summed E-state index contributed by atoms with van der Waals surface area (Å²) in [7, 11) is 1.72. The Morgan fingerprint density at radius 3 is 2.26 bits per heavy atom. The van der Waals surface area contributed by atoms with E-state index in [2.05, 4.69) is 5.32 Å². The first-order valence-electron chi connectivity index (χ1n) is 13.3. The summed E-state index contributed by atoms with van der Waals surface area (Å²) in [5.41, 5.74) is -2.12. The van der Waals surface area contributed by atoms with E-state index in [1.54, 1.807) is 11.9 Å². The SMILES string of the molecule is CN(C(=O)C1C2CC(F)(F)CN2C2(C(=O)Nc3c(Cl)cc(Cl)cc32)C1C(=O)O)C12CC3CC(CC(C3)C1)C2. The van der Waals surface area contributed by atoms with E-state index in [4.69, 9.17) is 23.2 Å². The highest BCUT2D eigenvalue weighted by molar-refractivity contribution is 6.38. The number of carboxylic acid groups (broad SMARTS) is 1. The van der Waals surface area contributed by atoms with Crippen molar-refractivity contribution in [3.63, 3.8) is 0 Å². The number of hydrogen-bond acceptors (Lipinski definition) is 4. The molecular formula is C27H29Cl2F2N3O4. The molecule has 2 N–H and O–H groups in total. The van der Waals surface area contributed by atoms with Gasteiger partial charge >= 0.3 is 5.97 Å². The second-order valence-electron chi connectivity index (χ2n) is 12.7. The van der Waals surface area contributed by atoms with Gasteiger partial charge in [0.2, 0.25) is 5.91 Å². The Balaban J connectivity index is 1.36. The molecule has 3 heterocycles. The molecule has 11 heteroatoms. The summed E-state index contributed by atoms with van der Waals surface area (Å²) >= 11 is 12.6. The van der Waals surface area contributed by atoms with Crippen LogP contribution in [0.1, 0.15) is 50.5 Å². The van der Waals surface area contributed by atoms with E-state index >= 15 is 8.78 Å². The average molecular weight is 568 g/mol. The molecule has 3 aliphatic heterocycles. The minimum Gasteiger partial charge on any atom is -0.481 e. The minimum absolute atomic E-state index is 0.0878. The number of halogens is 4. The summed E-state index contributed by atoms with van der Waals surface area (Å²) in [5, 5.41) is 13.5. The Hall–Kier alpha value is -1.97. The molecule has 4 atom stereocenters. The first kappa shape index (κ1) is 25.0. The number of carbonyl (C=O) groups is 3. The Morgan fingerprint density at radius 2 is 1.68 bits per heavy atom. The number of nitrogens with zero attached hydrogens (tertiary/aromatic N) is 2. The molecule has 2 saturated heterocycles. The molecule has 204 valence electrons. The molecule has 4 bridgehead atoms. The number of aliphatic carboxylic acids is 1. The van der Waals surface area contributed by atoms with Crippen LogP contribution in [0.4, 0.5) is 14.5 Å². The highest BCUT2D eigenvalue weighted by atomic mass is 35.5. The van der Waals surface area contributed by atoms with Crippen molar-refractivity contribution >= 4 is 46.7 Å².